The molecule has 3 rings (SSSR count). The third-order valence-electron chi connectivity index (χ3n) is 4.07. The molecule has 0 aliphatic heterocycles. The number of aryl methyl sites for hydroxylation is 2. The second kappa shape index (κ2) is 9.27. The predicted octanol–water partition coefficient (Wildman–Crippen LogP) is 3.81. The second-order valence-electron chi connectivity index (χ2n) is 6.34. The molecule has 0 unspecified atom stereocenters. The molecule has 0 aromatic carbocycles. The molecule has 8 nitrogen and oxygen atoms in total. The van der Waals surface area contributed by atoms with Gasteiger partial charge in [0.05, 0.1) is 19.8 Å². The summed E-state index contributed by atoms with van der Waals surface area (Å²) in [4.78, 5) is 13.3. The molecule has 0 saturated carbocycles. The average molecular weight is 405 g/mol. The first kappa shape index (κ1) is 20.4. The van der Waals surface area contributed by atoms with Crippen molar-refractivity contribution in [3.05, 3.63) is 34.4 Å². The van der Waals surface area contributed by atoms with Crippen LogP contribution in [-0.2, 0) is 22.6 Å². The molecule has 0 fully saturated rings. The normalized spacial score (nSPS) is 11.3. The van der Waals surface area contributed by atoms with Gasteiger partial charge < -0.3 is 14.8 Å². The molecule has 0 aliphatic rings. The smallest absolute Gasteiger partial charge is 0.225 e. The first-order valence-corrected chi connectivity index (χ1v) is 9.70. The van der Waals surface area contributed by atoms with Crippen LogP contribution in [0.1, 0.15) is 30.8 Å². The van der Waals surface area contributed by atoms with Crippen LogP contribution >= 0.6 is 11.6 Å². The van der Waals surface area contributed by atoms with Crippen molar-refractivity contribution in [2.45, 2.75) is 40.8 Å². The Bertz CT molecular complexity index is 939. The van der Waals surface area contributed by atoms with E-state index in [4.69, 9.17) is 21.1 Å². The maximum Gasteiger partial charge on any atom is 0.225 e. The molecular weight excluding hydrogens is 380 g/mol. The number of nitrogens with zero attached hydrogens (tertiary/aromatic N) is 5. The third kappa shape index (κ3) is 4.76. The van der Waals surface area contributed by atoms with E-state index in [-0.39, 0.29) is 5.28 Å². The summed E-state index contributed by atoms with van der Waals surface area (Å²) in [6.07, 6.45) is 0. The van der Waals surface area contributed by atoms with Crippen LogP contribution in [0.5, 0.6) is 0 Å². The van der Waals surface area contributed by atoms with E-state index in [0.717, 1.165) is 16.8 Å². The molecule has 0 saturated heterocycles. The van der Waals surface area contributed by atoms with Crippen molar-refractivity contribution in [3.8, 4) is 0 Å². The van der Waals surface area contributed by atoms with Gasteiger partial charge in [0.2, 0.25) is 5.28 Å². The zero-order valence-corrected chi connectivity index (χ0v) is 17.4. The lowest BCUT2D eigenvalue weighted by Gasteiger charge is -2.10. The number of nitrogens with one attached hydrogen (secondary N) is 1. The lowest BCUT2D eigenvalue weighted by atomic mass is 10.2. The van der Waals surface area contributed by atoms with Crippen LogP contribution in [0.4, 0.5) is 11.6 Å². The topological polar surface area (TPSA) is 87.0 Å². The second-order valence-corrected chi connectivity index (χ2v) is 6.68. The summed E-state index contributed by atoms with van der Waals surface area (Å²) in [6.45, 7) is 10.6. The Morgan fingerprint density at radius 3 is 2.57 bits per heavy atom. The number of ether oxygens (including phenoxy) is 2. The SMILES string of the molecule is CCOCCn1nc(COCC)c2nc(Cl)nc(Nc3cc(C)cc(C)n3)c21. The van der Waals surface area contributed by atoms with Gasteiger partial charge in [0.25, 0.3) is 0 Å². The first-order chi connectivity index (χ1) is 13.5. The van der Waals surface area contributed by atoms with E-state index in [9.17, 15) is 0 Å². The molecule has 3 aromatic heterocycles. The Labute approximate surface area is 169 Å². The predicted molar refractivity (Wildman–Crippen MR) is 109 cm³/mol. The largest absolute Gasteiger partial charge is 0.380 e. The molecule has 9 heteroatoms. The Morgan fingerprint density at radius 2 is 1.86 bits per heavy atom. The molecule has 0 radical (unpaired) electrons. The van der Waals surface area contributed by atoms with Gasteiger partial charge in [-0.1, -0.05) is 0 Å². The van der Waals surface area contributed by atoms with Gasteiger partial charge in [-0.3, -0.25) is 4.68 Å². The van der Waals surface area contributed by atoms with Gasteiger partial charge in [-0.15, -0.1) is 0 Å². The van der Waals surface area contributed by atoms with E-state index in [1.54, 1.807) is 0 Å². The standard InChI is InChI=1S/C19H25ClN6O2/c1-5-27-8-7-26-17-16(14(25-26)11-28-6-2)23-19(20)24-18(17)22-15-10-12(3)9-13(4)21-15/h9-10H,5-8,11H2,1-4H3,(H,21,22,23,24). The number of hydrogen-bond donors (Lipinski definition) is 1. The van der Waals surface area contributed by atoms with Crippen LogP contribution in [0.3, 0.4) is 0 Å². The Balaban J connectivity index is 2.07. The minimum Gasteiger partial charge on any atom is -0.380 e. The van der Waals surface area contributed by atoms with Crippen molar-refractivity contribution in [3.63, 3.8) is 0 Å². The van der Waals surface area contributed by atoms with Crippen LogP contribution in [0.25, 0.3) is 11.0 Å². The maximum absolute atomic E-state index is 6.21. The molecular formula is C19H25ClN6O2. The molecule has 150 valence electrons. The highest BCUT2D eigenvalue weighted by Crippen LogP contribution is 2.28. The average Bonchev–Trinajstić information content (AvgIpc) is 2.97. The number of rotatable bonds is 9. The number of aromatic nitrogens is 5. The Morgan fingerprint density at radius 1 is 1.07 bits per heavy atom. The van der Waals surface area contributed by atoms with E-state index in [2.05, 4.69) is 25.4 Å². The van der Waals surface area contributed by atoms with E-state index < -0.39 is 0 Å². The minimum absolute atomic E-state index is 0.140. The number of hydrogen-bond acceptors (Lipinski definition) is 7. The summed E-state index contributed by atoms with van der Waals surface area (Å²) in [6, 6.07) is 3.97. The number of anilines is 2. The number of pyridine rings is 1. The van der Waals surface area contributed by atoms with E-state index >= 15 is 0 Å². The summed E-state index contributed by atoms with van der Waals surface area (Å²) < 4.78 is 12.9. The summed E-state index contributed by atoms with van der Waals surface area (Å²) in [5, 5.41) is 8.09. The van der Waals surface area contributed by atoms with Crippen molar-refractivity contribution in [2.24, 2.45) is 0 Å². The lowest BCUT2D eigenvalue weighted by Crippen LogP contribution is -2.09. The fraction of sp³-hybridized carbons (Fsp3) is 0.474. The Hall–Kier alpha value is -2.29. The van der Waals surface area contributed by atoms with Gasteiger partial charge in [-0.2, -0.15) is 10.1 Å². The molecule has 0 bridgehead atoms. The van der Waals surface area contributed by atoms with Crippen LogP contribution in [0.2, 0.25) is 5.28 Å². The molecule has 0 spiro atoms. The zero-order chi connectivity index (χ0) is 20.1. The molecule has 0 amide bonds. The number of fused-ring (bicyclic) bond motifs is 1. The molecule has 3 aromatic rings. The molecule has 1 N–H and O–H groups in total. The van der Waals surface area contributed by atoms with Gasteiger partial charge in [-0.25, -0.2) is 9.97 Å². The van der Waals surface area contributed by atoms with E-state index in [0.29, 0.717) is 55.8 Å². The van der Waals surface area contributed by atoms with Gasteiger partial charge in [0, 0.05) is 18.9 Å². The summed E-state index contributed by atoms with van der Waals surface area (Å²) in [5.74, 6) is 1.25. The molecule has 0 atom stereocenters. The van der Waals surface area contributed by atoms with Gasteiger partial charge in [0.15, 0.2) is 5.82 Å². The highest BCUT2D eigenvalue weighted by Gasteiger charge is 2.19. The summed E-state index contributed by atoms with van der Waals surface area (Å²) >= 11 is 6.21. The van der Waals surface area contributed by atoms with Crippen LogP contribution in [-0.4, -0.2) is 44.6 Å². The van der Waals surface area contributed by atoms with Crippen molar-refractivity contribution < 1.29 is 9.47 Å². The highest BCUT2D eigenvalue weighted by molar-refractivity contribution is 6.28. The van der Waals surface area contributed by atoms with Gasteiger partial charge >= 0.3 is 0 Å². The first-order valence-electron chi connectivity index (χ1n) is 9.32. The van der Waals surface area contributed by atoms with E-state index in [1.807, 2.05) is 44.5 Å². The summed E-state index contributed by atoms with van der Waals surface area (Å²) in [7, 11) is 0. The fourth-order valence-electron chi connectivity index (χ4n) is 2.98. The maximum atomic E-state index is 6.21. The van der Waals surface area contributed by atoms with E-state index in [1.165, 1.54) is 0 Å². The van der Waals surface area contributed by atoms with Gasteiger partial charge in [-0.05, 0) is 57.0 Å². The quantitative estimate of drug-likeness (QED) is 0.428. The van der Waals surface area contributed by atoms with Crippen molar-refractivity contribution in [1.29, 1.82) is 0 Å². The molecule has 3 heterocycles. The monoisotopic (exact) mass is 404 g/mol. The molecule has 0 aliphatic carbocycles. The number of halogens is 1. The summed E-state index contributed by atoms with van der Waals surface area (Å²) in [5.41, 5.74) is 4.15. The van der Waals surface area contributed by atoms with Crippen LogP contribution in [0.15, 0.2) is 12.1 Å². The minimum atomic E-state index is 0.140. The highest BCUT2D eigenvalue weighted by atomic mass is 35.5. The van der Waals surface area contributed by atoms with Crippen molar-refractivity contribution >= 4 is 34.3 Å². The van der Waals surface area contributed by atoms with Gasteiger partial charge in [0.1, 0.15) is 22.5 Å². The fourth-order valence-corrected chi connectivity index (χ4v) is 3.15. The molecule has 28 heavy (non-hydrogen) atoms. The third-order valence-corrected chi connectivity index (χ3v) is 4.24. The van der Waals surface area contributed by atoms with Crippen molar-refractivity contribution in [2.75, 3.05) is 25.1 Å². The van der Waals surface area contributed by atoms with Crippen molar-refractivity contribution in [1.82, 2.24) is 24.7 Å². The van der Waals surface area contributed by atoms with Crippen LogP contribution < -0.4 is 5.32 Å². The zero-order valence-electron chi connectivity index (χ0n) is 16.6. The lowest BCUT2D eigenvalue weighted by molar-refractivity contribution is 0.128. The Kier molecular flexibility index (Phi) is 6.77. The van der Waals surface area contributed by atoms with Crippen LogP contribution in [0, 0.1) is 13.8 Å².